The minimum absolute atomic E-state index is 0.183. The lowest BCUT2D eigenvalue weighted by molar-refractivity contribution is -0.118. The first-order chi connectivity index (χ1) is 6.29. The Hall–Kier alpha value is -1.05. The minimum Gasteiger partial charge on any atom is -0.370 e. The standard InChI is InChI=1S/C11H17NO/c12-11(13)9-5-4-8-10-6-2-1-3-7-10/h1-2,7H,3-6,8-9H2,(H2,12,13). The van der Waals surface area contributed by atoms with Crippen LogP contribution >= 0.6 is 0 Å². The Balaban J connectivity index is 2.05. The molecule has 2 heteroatoms. The molecule has 0 spiro atoms. The molecule has 0 aliphatic heterocycles. The predicted octanol–water partition coefficient (Wildman–Crippen LogP) is 2.31. The van der Waals surface area contributed by atoms with Crippen LogP contribution < -0.4 is 5.73 Å². The van der Waals surface area contributed by atoms with Crippen molar-refractivity contribution in [2.24, 2.45) is 5.73 Å². The maximum Gasteiger partial charge on any atom is 0.217 e. The number of hydrogen-bond acceptors (Lipinski definition) is 1. The van der Waals surface area contributed by atoms with Gasteiger partial charge in [0.2, 0.25) is 5.91 Å². The summed E-state index contributed by atoms with van der Waals surface area (Å²) in [6, 6.07) is 0. The summed E-state index contributed by atoms with van der Waals surface area (Å²) in [5.41, 5.74) is 6.55. The Morgan fingerprint density at radius 1 is 1.38 bits per heavy atom. The van der Waals surface area contributed by atoms with Crippen LogP contribution in [0, 0.1) is 0 Å². The average Bonchev–Trinajstić information content (AvgIpc) is 2.14. The highest BCUT2D eigenvalue weighted by Gasteiger charge is 1.99. The van der Waals surface area contributed by atoms with E-state index in [1.54, 1.807) is 0 Å². The molecule has 0 atom stereocenters. The summed E-state index contributed by atoms with van der Waals surface area (Å²) < 4.78 is 0. The van der Waals surface area contributed by atoms with Crippen LogP contribution in [-0.4, -0.2) is 5.91 Å². The summed E-state index contributed by atoms with van der Waals surface area (Å²) in [6.07, 6.45) is 12.5. The molecule has 1 aliphatic rings. The molecule has 1 aliphatic carbocycles. The van der Waals surface area contributed by atoms with Gasteiger partial charge in [-0.05, 0) is 32.1 Å². The van der Waals surface area contributed by atoms with Crippen LogP contribution in [0.3, 0.4) is 0 Å². The summed E-state index contributed by atoms with van der Waals surface area (Å²) >= 11 is 0. The van der Waals surface area contributed by atoms with E-state index in [2.05, 4.69) is 18.2 Å². The van der Waals surface area contributed by atoms with Gasteiger partial charge in [-0.3, -0.25) is 4.79 Å². The normalized spacial score (nSPS) is 15.5. The van der Waals surface area contributed by atoms with Gasteiger partial charge in [-0.1, -0.05) is 23.8 Å². The van der Waals surface area contributed by atoms with Crippen molar-refractivity contribution >= 4 is 5.91 Å². The monoisotopic (exact) mass is 179 g/mol. The van der Waals surface area contributed by atoms with E-state index in [-0.39, 0.29) is 5.91 Å². The third-order valence-corrected chi connectivity index (χ3v) is 2.26. The first-order valence-electron chi connectivity index (χ1n) is 4.90. The number of allylic oxidation sites excluding steroid dienone is 4. The van der Waals surface area contributed by atoms with Crippen molar-refractivity contribution in [1.29, 1.82) is 0 Å². The van der Waals surface area contributed by atoms with Crippen molar-refractivity contribution in [2.45, 2.75) is 38.5 Å². The predicted molar refractivity (Wildman–Crippen MR) is 54.1 cm³/mol. The molecule has 0 aromatic rings. The fourth-order valence-electron chi connectivity index (χ4n) is 1.50. The zero-order chi connectivity index (χ0) is 9.52. The Morgan fingerprint density at radius 3 is 2.85 bits per heavy atom. The van der Waals surface area contributed by atoms with Crippen LogP contribution in [-0.2, 0) is 4.79 Å². The largest absolute Gasteiger partial charge is 0.370 e. The molecule has 1 rings (SSSR count). The number of nitrogens with two attached hydrogens (primary N) is 1. The molecule has 0 fully saturated rings. The average molecular weight is 179 g/mol. The second-order valence-corrected chi connectivity index (χ2v) is 3.45. The topological polar surface area (TPSA) is 43.1 Å². The van der Waals surface area contributed by atoms with Crippen LogP contribution in [0.2, 0.25) is 0 Å². The molecule has 0 heterocycles. The molecule has 0 saturated heterocycles. The van der Waals surface area contributed by atoms with Gasteiger partial charge >= 0.3 is 0 Å². The fourth-order valence-corrected chi connectivity index (χ4v) is 1.50. The van der Waals surface area contributed by atoms with E-state index in [0.717, 1.165) is 32.1 Å². The van der Waals surface area contributed by atoms with Crippen molar-refractivity contribution < 1.29 is 4.79 Å². The van der Waals surface area contributed by atoms with Crippen LogP contribution in [0.15, 0.2) is 23.8 Å². The van der Waals surface area contributed by atoms with Crippen molar-refractivity contribution in [2.75, 3.05) is 0 Å². The summed E-state index contributed by atoms with van der Waals surface area (Å²) in [5.74, 6) is -0.183. The molecular weight excluding hydrogens is 162 g/mol. The second-order valence-electron chi connectivity index (χ2n) is 3.45. The molecule has 13 heavy (non-hydrogen) atoms. The first kappa shape index (κ1) is 10.0. The van der Waals surface area contributed by atoms with Crippen molar-refractivity contribution in [3.05, 3.63) is 23.8 Å². The highest BCUT2D eigenvalue weighted by molar-refractivity contribution is 5.73. The third-order valence-electron chi connectivity index (χ3n) is 2.26. The lowest BCUT2D eigenvalue weighted by atomic mass is 10.00. The zero-order valence-corrected chi connectivity index (χ0v) is 7.96. The van der Waals surface area contributed by atoms with E-state index in [9.17, 15) is 4.79 Å². The van der Waals surface area contributed by atoms with Crippen molar-refractivity contribution in [3.8, 4) is 0 Å². The van der Waals surface area contributed by atoms with Crippen LogP contribution in [0.4, 0.5) is 0 Å². The number of rotatable bonds is 5. The smallest absolute Gasteiger partial charge is 0.217 e. The molecule has 0 aromatic carbocycles. The van der Waals surface area contributed by atoms with Crippen LogP contribution in [0.1, 0.15) is 38.5 Å². The Morgan fingerprint density at radius 2 is 2.23 bits per heavy atom. The van der Waals surface area contributed by atoms with Crippen LogP contribution in [0.5, 0.6) is 0 Å². The molecule has 0 radical (unpaired) electrons. The molecule has 0 aromatic heterocycles. The number of amides is 1. The summed E-state index contributed by atoms with van der Waals surface area (Å²) in [6.45, 7) is 0. The number of carbonyl (C=O) groups excluding carboxylic acids is 1. The number of carbonyl (C=O) groups is 1. The lowest BCUT2D eigenvalue weighted by Crippen LogP contribution is -2.09. The quantitative estimate of drug-likeness (QED) is 0.510. The van der Waals surface area contributed by atoms with Gasteiger partial charge in [-0.25, -0.2) is 0 Å². The highest BCUT2D eigenvalue weighted by atomic mass is 16.1. The van der Waals surface area contributed by atoms with Gasteiger partial charge in [0.15, 0.2) is 0 Å². The lowest BCUT2D eigenvalue weighted by Gasteiger charge is -2.07. The van der Waals surface area contributed by atoms with Crippen molar-refractivity contribution in [1.82, 2.24) is 0 Å². The summed E-state index contributed by atoms with van der Waals surface area (Å²) in [5, 5.41) is 0. The molecule has 2 nitrogen and oxygen atoms in total. The molecule has 0 saturated carbocycles. The van der Waals surface area contributed by atoms with Gasteiger partial charge in [-0.2, -0.15) is 0 Å². The van der Waals surface area contributed by atoms with Gasteiger partial charge in [0.25, 0.3) is 0 Å². The van der Waals surface area contributed by atoms with Gasteiger partial charge in [0.05, 0.1) is 0 Å². The number of hydrogen-bond donors (Lipinski definition) is 1. The Kier molecular flexibility index (Phi) is 4.30. The molecule has 2 N–H and O–H groups in total. The van der Waals surface area contributed by atoms with E-state index in [1.165, 1.54) is 5.57 Å². The van der Waals surface area contributed by atoms with Crippen LogP contribution in [0.25, 0.3) is 0 Å². The van der Waals surface area contributed by atoms with Gasteiger partial charge in [-0.15, -0.1) is 0 Å². The van der Waals surface area contributed by atoms with E-state index >= 15 is 0 Å². The highest BCUT2D eigenvalue weighted by Crippen LogP contribution is 2.17. The molecule has 72 valence electrons. The maximum atomic E-state index is 10.4. The Labute approximate surface area is 79.5 Å². The van der Waals surface area contributed by atoms with E-state index in [4.69, 9.17) is 5.73 Å². The zero-order valence-electron chi connectivity index (χ0n) is 7.96. The van der Waals surface area contributed by atoms with E-state index < -0.39 is 0 Å². The molecular formula is C11H17NO. The minimum atomic E-state index is -0.183. The van der Waals surface area contributed by atoms with Gasteiger partial charge in [0.1, 0.15) is 0 Å². The fraction of sp³-hybridized carbons (Fsp3) is 0.545. The number of primary amides is 1. The van der Waals surface area contributed by atoms with E-state index in [0.29, 0.717) is 6.42 Å². The summed E-state index contributed by atoms with van der Waals surface area (Å²) in [4.78, 5) is 10.4. The molecule has 0 bridgehead atoms. The SMILES string of the molecule is NC(=O)CCCCC1=CCC=CC1. The number of unbranched alkanes of at least 4 members (excludes halogenated alkanes) is 1. The van der Waals surface area contributed by atoms with Gasteiger partial charge in [0, 0.05) is 6.42 Å². The summed E-state index contributed by atoms with van der Waals surface area (Å²) in [7, 11) is 0. The van der Waals surface area contributed by atoms with Gasteiger partial charge < -0.3 is 5.73 Å². The molecule has 1 amide bonds. The second kappa shape index (κ2) is 5.57. The Bertz CT molecular complexity index is 228. The molecule has 0 unspecified atom stereocenters. The first-order valence-corrected chi connectivity index (χ1v) is 4.90. The van der Waals surface area contributed by atoms with E-state index in [1.807, 2.05) is 0 Å². The maximum absolute atomic E-state index is 10.4. The third kappa shape index (κ3) is 4.51. The van der Waals surface area contributed by atoms with Crippen molar-refractivity contribution in [3.63, 3.8) is 0 Å².